The second-order valence-electron chi connectivity index (χ2n) is 7.01. The minimum Gasteiger partial charge on any atom is -0.391 e. The van der Waals surface area contributed by atoms with Gasteiger partial charge in [0.1, 0.15) is 5.82 Å². The van der Waals surface area contributed by atoms with Crippen molar-refractivity contribution < 1.29 is 35.4 Å². The third-order valence-corrected chi connectivity index (χ3v) is 6.22. The Bertz CT molecular complexity index is 1380. The van der Waals surface area contributed by atoms with Gasteiger partial charge in [-0.3, -0.25) is 4.79 Å². The summed E-state index contributed by atoms with van der Waals surface area (Å²) in [5.41, 5.74) is 0.638. The van der Waals surface area contributed by atoms with Gasteiger partial charge in [0.05, 0.1) is 21.7 Å². The Kier molecular flexibility index (Phi) is 7.36. The fourth-order valence-electron chi connectivity index (χ4n) is 3.12. The molecular formula is C21H17F3N4O5S2. The fraction of sp³-hybridized carbons (Fsp3) is 0.143. The number of alkyl halides is 3. The molecule has 0 unspecified atom stereocenters. The molecule has 0 bridgehead atoms. The van der Waals surface area contributed by atoms with E-state index < -0.39 is 33.9 Å². The second-order valence-corrected chi connectivity index (χ2v) is 8.87. The molecule has 3 rings (SSSR count). The second kappa shape index (κ2) is 9.92. The molecule has 0 atom stereocenters. The van der Waals surface area contributed by atoms with Crippen LogP contribution in [0, 0.1) is 0 Å². The minimum absolute atomic E-state index is 0.108. The molecule has 0 aliphatic heterocycles. The Morgan fingerprint density at radius 3 is 2.03 bits per heavy atom. The van der Waals surface area contributed by atoms with Gasteiger partial charge in [-0.2, -0.15) is 13.2 Å². The number of aromatic nitrogens is 2. The lowest BCUT2D eigenvalue weighted by atomic mass is 9.98. The van der Waals surface area contributed by atoms with Gasteiger partial charge < -0.3 is 9.50 Å². The van der Waals surface area contributed by atoms with Crippen LogP contribution in [0.4, 0.5) is 19.0 Å². The van der Waals surface area contributed by atoms with E-state index >= 15 is 0 Å². The Balaban J connectivity index is 2.22. The number of nitrogens with one attached hydrogen (secondary N) is 2. The maximum Gasteiger partial charge on any atom is 0.451 e. The molecule has 9 nitrogen and oxygen atoms in total. The molecule has 1 heterocycles. The van der Waals surface area contributed by atoms with Gasteiger partial charge in [0.25, 0.3) is 10.0 Å². The molecular weight excluding hydrogens is 509 g/mol. The molecule has 184 valence electrons. The smallest absolute Gasteiger partial charge is 0.391 e. The molecule has 0 radical (unpaired) electrons. The first kappa shape index (κ1) is 26.0. The first-order valence-electron chi connectivity index (χ1n) is 9.64. The van der Waals surface area contributed by atoms with Crippen LogP contribution in [0.15, 0.2) is 53.4 Å². The summed E-state index contributed by atoms with van der Waals surface area (Å²) in [6.07, 6.45) is -4.86. The lowest BCUT2D eigenvalue weighted by Crippen LogP contribution is -2.28. The summed E-state index contributed by atoms with van der Waals surface area (Å²) in [7, 11) is -2.75. The molecule has 0 saturated heterocycles. The van der Waals surface area contributed by atoms with E-state index in [1.165, 1.54) is 55.6 Å². The molecule has 2 aromatic carbocycles. The lowest BCUT2D eigenvalue weighted by molar-refractivity contribution is -0.144. The van der Waals surface area contributed by atoms with Crippen LogP contribution in [0.2, 0.25) is 0 Å². The number of halogens is 3. The highest BCUT2D eigenvalue weighted by Gasteiger charge is 2.36. The maximum absolute atomic E-state index is 13.5. The molecule has 0 aliphatic rings. The summed E-state index contributed by atoms with van der Waals surface area (Å²) in [4.78, 5) is 29.9. The van der Waals surface area contributed by atoms with Gasteiger partial charge >= 0.3 is 12.1 Å². The largest absolute Gasteiger partial charge is 0.451 e. The third kappa shape index (κ3) is 5.71. The molecule has 0 fully saturated rings. The minimum atomic E-state index is -4.86. The number of sulfonamides is 1. The molecule has 0 aliphatic carbocycles. The predicted octanol–water partition coefficient (Wildman–Crippen LogP) is 3.70. The molecule has 1 aromatic heterocycles. The Labute approximate surface area is 203 Å². The van der Waals surface area contributed by atoms with Crippen LogP contribution in [-0.2, 0) is 25.2 Å². The van der Waals surface area contributed by atoms with Crippen molar-refractivity contribution in [3.05, 3.63) is 59.9 Å². The zero-order chi connectivity index (χ0) is 26.0. The first-order chi connectivity index (χ1) is 16.4. The van der Waals surface area contributed by atoms with Crippen molar-refractivity contribution in [2.75, 3.05) is 12.4 Å². The number of carbonyl (C=O) groups excluding carboxylic acids is 2. The Morgan fingerprint density at radius 2 is 1.54 bits per heavy atom. The van der Waals surface area contributed by atoms with Crippen molar-refractivity contribution in [2.24, 2.45) is 0 Å². The van der Waals surface area contributed by atoms with Crippen molar-refractivity contribution in [2.45, 2.75) is 18.0 Å². The van der Waals surface area contributed by atoms with E-state index in [4.69, 9.17) is 0 Å². The van der Waals surface area contributed by atoms with Crippen LogP contribution in [-0.4, -0.2) is 37.3 Å². The lowest BCUT2D eigenvalue weighted by Gasteiger charge is -2.17. The molecule has 35 heavy (non-hydrogen) atoms. The van der Waals surface area contributed by atoms with Gasteiger partial charge in [-0.05, 0) is 29.8 Å². The fourth-order valence-corrected chi connectivity index (χ4v) is 4.21. The standard InChI is InChI=1S/C21H17F3N4O5S2/c1-11(29)28-35(31,32)15-9-7-12(8-10-15)16-17(13-3-5-14(6-4-13)19(30)33-34)26-20(21(22,23)24)27-18(16)25-2/h3-10,34H,1-2H3,(H,28,29)(H,25,26,27). The number of nitrogens with zero attached hydrogens (tertiary/aromatic N) is 2. The van der Waals surface area contributed by atoms with Gasteiger partial charge in [0, 0.05) is 32.4 Å². The first-order valence-corrected chi connectivity index (χ1v) is 11.5. The summed E-state index contributed by atoms with van der Waals surface area (Å²) in [6.45, 7) is 1.04. The van der Waals surface area contributed by atoms with Crippen LogP contribution in [0.5, 0.6) is 0 Å². The summed E-state index contributed by atoms with van der Waals surface area (Å²) < 4.78 is 71.2. The van der Waals surface area contributed by atoms with E-state index in [1.54, 1.807) is 0 Å². The van der Waals surface area contributed by atoms with Crippen molar-refractivity contribution in [1.82, 2.24) is 14.7 Å². The Morgan fingerprint density at radius 1 is 0.971 bits per heavy atom. The van der Waals surface area contributed by atoms with Gasteiger partial charge in [0.2, 0.25) is 11.7 Å². The Hall–Kier alpha value is -3.65. The number of anilines is 1. The molecule has 3 aromatic rings. The van der Waals surface area contributed by atoms with Gasteiger partial charge in [-0.25, -0.2) is 27.9 Å². The summed E-state index contributed by atoms with van der Waals surface area (Å²) in [5, 5.41) is 2.62. The average molecular weight is 527 g/mol. The molecule has 0 spiro atoms. The van der Waals surface area contributed by atoms with Gasteiger partial charge in [0.15, 0.2) is 0 Å². The van der Waals surface area contributed by atoms with Crippen LogP contribution >= 0.6 is 12.9 Å². The van der Waals surface area contributed by atoms with Crippen LogP contribution in [0.1, 0.15) is 23.1 Å². The summed E-state index contributed by atoms with van der Waals surface area (Å²) in [5.74, 6) is -3.11. The van der Waals surface area contributed by atoms with Gasteiger partial charge in [-0.1, -0.05) is 24.3 Å². The molecule has 0 saturated carbocycles. The highest BCUT2D eigenvalue weighted by Crippen LogP contribution is 2.39. The van der Waals surface area contributed by atoms with Crippen LogP contribution in [0.3, 0.4) is 0 Å². The van der Waals surface area contributed by atoms with Gasteiger partial charge in [-0.15, -0.1) is 0 Å². The highest BCUT2D eigenvalue weighted by atomic mass is 32.2. The molecule has 14 heteroatoms. The maximum atomic E-state index is 13.5. The topological polar surface area (TPSA) is 127 Å². The number of hydrogen-bond acceptors (Lipinski definition) is 9. The number of hydrogen-bond donors (Lipinski definition) is 3. The van der Waals surface area contributed by atoms with E-state index in [-0.39, 0.29) is 33.1 Å². The van der Waals surface area contributed by atoms with Crippen molar-refractivity contribution in [3.63, 3.8) is 0 Å². The normalized spacial score (nSPS) is 11.6. The number of amides is 1. The molecule has 2 N–H and O–H groups in total. The van der Waals surface area contributed by atoms with Crippen molar-refractivity contribution in [3.8, 4) is 22.4 Å². The predicted molar refractivity (Wildman–Crippen MR) is 123 cm³/mol. The van der Waals surface area contributed by atoms with Crippen LogP contribution in [0.25, 0.3) is 22.4 Å². The summed E-state index contributed by atoms with van der Waals surface area (Å²) in [6, 6.07) is 10.5. The molecule has 1 amide bonds. The summed E-state index contributed by atoms with van der Waals surface area (Å²) >= 11 is 3.44. The number of carbonyl (C=O) groups is 2. The zero-order valence-electron chi connectivity index (χ0n) is 18.0. The van der Waals surface area contributed by atoms with E-state index in [9.17, 15) is 31.2 Å². The average Bonchev–Trinajstić information content (AvgIpc) is 2.81. The SMILES string of the molecule is CNc1nc(C(F)(F)F)nc(-c2ccc(C(=O)OS)cc2)c1-c1ccc(S(=O)(=O)NC(C)=O)cc1. The van der Waals surface area contributed by atoms with Crippen molar-refractivity contribution >= 4 is 40.6 Å². The van der Waals surface area contributed by atoms with E-state index in [1.807, 2.05) is 4.72 Å². The van der Waals surface area contributed by atoms with Crippen molar-refractivity contribution in [1.29, 1.82) is 0 Å². The highest BCUT2D eigenvalue weighted by molar-refractivity contribution is 7.90. The monoisotopic (exact) mass is 526 g/mol. The van der Waals surface area contributed by atoms with E-state index in [0.717, 1.165) is 6.92 Å². The number of rotatable bonds is 6. The van der Waals surface area contributed by atoms with Crippen LogP contribution < -0.4 is 10.0 Å². The zero-order valence-corrected chi connectivity index (χ0v) is 19.8. The third-order valence-electron chi connectivity index (χ3n) is 4.61. The number of thiol groups is 1. The quantitative estimate of drug-likeness (QED) is 0.328. The van der Waals surface area contributed by atoms with E-state index in [0.29, 0.717) is 5.56 Å². The number of benzene rings is 2. The van der Waals surface area contributed by atoms with E-state index in [2.05, 4.69) is 32.4 Å².